The molecule has 1 atom stereocenters. The van der Waals surface area contributed by atoms with Crippen LogP contribution in [0.3, 0.4) is 0 Å². The number of H-pyrrole nitrogens is 1. The summed E-state index contributed by atoms with van der Waals surface area (Å²) in [6.07, 6.45) is 1.58. The van der Waals surface area contributed by atoms with Crippen LogP contribution in [0, 0.1) is 0 Å². The van der Waals surface area contributed by atoms with Gasteiger partial charge in [0, 0.05) is 19.0 Å². The Morgan fingerprint density at radius 2 is 2.04 bits per heavy atom. The average molecular weight is 496 g/mol. The molecule has 0 saturated carbocycles. The van der Waals surface area contributed by atoms with E-state index in [-0.39, 0.29) is 36.5 Å². The van der Waals surface area contributed by atoms with Gasteiger partial charge in [0.05, 0.1) is 12.9 Å². The molecular weight excluding hydrogens is 471 g/mol. The highest BCUT2D eigenvalue weighted by Gasteiger charge is 2.11. The predicted molar refractivity (Wildman–Crippen MR) is 119 cm³/mol. The largest absolute Gasteiger partial charge is 0.461 e. The number of aliphatic imine (C=N–C) groups is 1. The Bertz CT molecular complexity index is 835. The fourth-order valence-corrected chi connectivity index (χ4v) is 2.61. The van der Waals surface area contributed by atoms with Gasteiger partial charge in [0.2, 0.25) is 5.82 Å². The second kappa shape index (κ2) is 11.4. The average Bonchev–Trinajstić information content (AvgIpc) is 3.39. The molecule has 2 aromatic heterocycles. The molecule has 0 radical (unpaired) electrons. The van der Waals surface area contributed by atoms with Gasteiger partial charge in [-0.25, -0.2) is 9.98 Å². The van der Waals surface area contributed by atoms with Gasteiger partial charge < -0.3 is 20.2 Å². The van der Waals surface area contributed by atoms with Crippen molar-refractivity contribution in [3.8, 4) is 11.6 Å². The predicted octanol–water partition coefficient (Wildman–Crippen LogP) is 2.51. The number of guanidine groups is 1. The van der Waals surface area contributed by atoms with Crippen LogP contribution in [-0.2, 0) is 6.54 Å². The molecular formula is C19H25IN6O2. The number of furan rings is 1. The molecule has 3 aromatic rings. The van der Waals surface area contributed by atoms with Crippen molar-refractivity contribution < 1.29 is 9.52 Å². The molecule has 0 amide bonds. The summed E-state index contributed by atoms with van der Waals surface area (Å²) in [7, 11) is 0. The first kappa shape index (κ1) is 21.9. The summed E-state index contributed by atoms with van der Waals surface area (Å²) >= 11 is 0. The molecule has 0 aliphatic rings. The lowest BCUT2D eigenvalue weighted by atomic mass is 10.0. The summed E-state index contributed by atoms with van der Waals surface area (Å²) in [5, 5.41) is 23.2. The Morgan fingerprint density at radius 3 is 2.71 bits per heavy atom. The van der Waals surface area contributed by atoms with Crippen molar-refractivity contribution in [1.29, 1.82) is 0 Å². The van der Waals surface area contributed by atoms with Crippen LogP contribution in [0.1, 0.15) is 24.2 Å². The number of nitrogens with zero attached hydrogens (tertiary/aromatic N) is 3. The highest BCUT2D eigenvalue weighted by atomic mass is 127. The van der Waals surface area contributed by atoms with Crippen LogP contribution in [0.5, 0.6) is 0 Å². The quantitative estimate of drug-likeness (QED) is 0.217. The van der Waals surface area contributed by atoms with Crippen molar-refractivity contribution in [2.75, 3.05) is 19.7 Å². The lowest BCUT2D eigenvalue weighted by Crippen LogP contribution is -2.40. The Morgan fingerprint density at radius 1 is 1.21 bits per heavy atom. The van der Waals surface area contributed by atoms with Gasteiger partial charge >= 0.3 is 0 Å². The number of aromatic nitrogens is 3. The number of nitrogens with one attached hydrogen (secondary N) is 3. The molecule has 0 fully saturated rings. The van der Waals surface area contributed by atoms with Gasteiger partial charge in [0.25, 0.3) is 0 Å². The summed E-state index contributed by atoms with van der Waals surface area (Å²) in [5.74, 6) is 2.40. The van der Waals surface area contributed by atoms with Crippen LogP contribution in [0.15, 0.2) is 58.1 Å². The standard InChI is InChI=1S/C19H24N6O2.HI/c1-2-20-19(21-11-15(13-26)14-7-4-3-5-8-14)22-12-17-23-18(25-24-17)16-9-6-10-27-16;/h3-10,15,26H,2,11-13H2,1H3,(H2,20,21,22)(H,23,24,25);1H. The molecule has 28 heavy (non-hydrogen) atoms. The minimum absolute atomic E-state index is 0. The number of hydrogen-bond donors (Lipinski definition) is 4. The molecule has 2 heterocycles. The number of aliphatic hydroxyl groups is 1. The number of benzene rings is 1. The van der Waals surface area contributed by atoms with Gasteiger partial charge in [-0.3, -0.25) is 5.10 Å². The summed E-state index contributed by atoms with van der Waals surface area (Å²) in [4.78, 5) is 8.91. The molecule has 0 aliphatic carbocycles. The summed E-state index contributed by atoms with van der Waals surface area (Å²) < 4.78 is 5.29. The number of hydrogen-bond acceptors (Lipinski definition) is 5. The van der Waals surface area contributed by atoms with E-state index in [0.717, 1.165) is 12.1 Å². The molecule has 3 rings (SSSR count). The lowest BCUT2D eigenvalue weighted by Gasteiger charge is -2.17. The molecule has 0 aliphatic heterocycles. The van der Waals surface area contributed by atoms with Crippen LogP contribution < -0.4 is 10.6 Å². The number of rotatable bonds is 8. The monoisotopic (exact) mass is 496 g/mol. The van der Waals surface area contributed by atoms with E-state index in [0.29, 0.717) is 36.5 Å². The summed E-state index contributed by atoms with van der Waals surface area (Å²) in [5.41, 5.74) is 1.08. The zero-order chi connectivity index (χ0) is 18.9. The van der Waals surface area contributed by atoms with E-state index in [9.17, 15) is 5.11 Å². The third-order valence-electron chi connectivity index (χ3n) is 4.01. The van der Waals surface area contributed by atoms with Crippen LogP contribution in [0.25, 0.3) is 11.6 Å². The molecule has 9 heteroatoms. The van der Waals surface area contributed by atoms with Crippen LogP contribution in [-0.4, -0.2) is 45.9 Å². The Kier molecular flexibility index (Phi) is 8.95. The topological polar surface area (TPSA) is 111 Å². The summed E-state index contributed by atoms with van der Waals surface area (Å²) in [6.45, 7) is 3.71. The fraction of sp³-hybridized carbons (Fsp3) is 0.316. The van der Waals surface area contributed by atoms with Crippen molar-refractivity contribution in [2.45, 2.75) is 19.4 Å². The Balaban J connectivity index is 0.00000280. The van der Waals surface area contributed by atoms with Crippen molar-refractivity contribution >= 4 is 29.9 Å². The lowest BCUT2D eigenvalue weighted by molar-refractivity contribution is 0.265. The molecule has 1 unspecified atom stereocenters. The third kappa shape index (κ3) is 6.06. The molecule has 0 bridgehead atoms. The fourth-order valence-electron chi connectivity index (χ4n) is 2.61. The van der Waals surface area contributed by atoms with E-state index < -0.39 is 0 Å². The first-order chi connectivity index (χ1) is 13.3. The van der Waals surface area contributed by atoms with E-state index in [1.54, 1.807) is 18.4 Å². The van der Waals surface area contributed by atoms with Crippen molar-refractivity contribution in [3.05, 3.63) is 60.1 Å². The Hall–Kier alpha value is -2.40. The van der Waals surface area contributed by atoms with E-state index in [1.165, 1.54) is 0 Å². The minimum Gasteiger partial charge on any atom is -0.461 e. The molecule has 4 N–H and O–H groups in total. The highest BCUT2D eigenvalue weighted by molar-refractivity contribution is 14.0. The first-order valence-corrected chi connectivity index (χ1v) is 8.93. The molecule has 0 spiro atoms. The van der Waals surface area contributed by atoms with Crippen LogP contribution in [0.2, 0.25) is 0 Å². The van der Waals surface area contributed by atoms with E-state index in [2.05, 4.69) is 30.8 Å². The number of halogens is 1. The maximum Gasteiger partial charge on any atom is 0.216 e. The maximum absolute atomic E-state index is 9.69. The normalized spacial score (nSPS) is 12.3. The zero-order valence-electron chi connectivity index (χ0n) is 15.6. The van der Waals surface area contributed by atoms with E-state index >= 15 is 0 Å². The van der Waals surface area contributed by atoms with Gasteiger partial charge in [-0.05, 0) is 24.6 Å². The van der Waals surface area contributed by atoms with E-state index in [4.69, 9.17) is 4.42 Å². The highest BCUT2D eigenvalue weighted by Crippen LogP contribution is 2.15. The smallest absolute Gasteiger partial charge is 0.216 e. The SMILES string of the molecule is CCNC(=NCc1nc(-c2ccco2)n[nH]1)NCC(CO)c1ccccc1.I. The van der Waals surface area contributed by atoms with Gasteiger partial charge in [0.1, 0.15) is 12.4 Å². The second-order valence-electron chi connectivity index (χ2n) is 5.95. The van der Waals surface area contributed by atoms with E-state index in [1.807, 2.05) is 37.3 Å². The third-order valence-corrected chi connectivity index (χ3v) is 4.01. The number of aliphatic hydroxyl groups excluding tert-OH is 1. The molecule has 8 nitrogen and oxygen atoms in total. The van der Waals surface area contributed by atoms with Crippen molar-refractivity contribution in [2.24, 2.45) is 4.99 Å². The minimum atomic E-state index is -0.00843. The Labute approximate surface area is 180 Å². The molecule has 0 saturated heterocycles. The van der Waals surface area contributed by atoms with Gasteiger partial charge in [-0.1, -0.05) is 30.3 Å². The van der Waals surface area contributed by atoms with Crippen LogP contribution >= 0.6 is 24.0 Å². The first-order valence-electron chi connectivity index (χ1n) is 8.93. The number of aromatic amines is 1. The van der Waals surface area contributed by atoms with Gasteiger partial charge in [0.15, 0.2) is 11.7 Å². The zero-order valence-corrected chi connectivity index (χ0v) is 18.0. The molecule has 150 valence electrons. The van der Waals surface area contributed by atoms with Gasteiger partial charge in [-0.15, -0.1) is 29.1 Å². The van der Waals surface area contributed by atoms with Crippen molar-refractivity contribution in [3.63, 3.8) is 0 Å². The second-order valence-corrected chi connectivity index (χ2v) is 5.95. The van der Waals surface area contributed by atoms with Crippen LogP contribution in [0.4, 0.5) is 0 Å². The molecule has 1 aromatic carbocycles. The maximum atomic E-state index is 9.69. The van der Waals surface area contributed by atoms with Gasteiger partial charge in [-0.2, -0.15) is 0 Å². The summed E-state index contributed by atoms with van der Waals surface area (Å²) in [6, 6.07) is 13.5. The van der Waals surface area contributed by atoms with Crippen molar-refractivity contribution in [1.82, 2.24) is 25.8 Å².